The van der Waals surface area contributed by atoms with Crippen molar-refractivity contribution in [1.29, 1.82) is 0 Å². The highest BCUT2D eigenvalue weighted by molar-refractivity contribution is 5.84. The largest absolute Gasteiger partial charge is 0.469 e. The topological polar surface area (TPSA) is 62.4 Å². The van der Waals surface area contributed by atoms with Crippen molar-refractivity contribution in [2.45, 2.75) is 18.9 Å². The van der Waals surface area contributed by atoms with Gasteiger partial charge in [-0.3, -0.25) is 9.59 Å². The maximum Gasteiger partial charge on any atom is 0.309 e. The van der Waals surface area contributed by atoms with Crippen LogP contribution >= 0.6 is 0 Å². The quantitative estimate of drug-likeness (QED) is 0.536. The minimum Gasteiger partial charge on any atom is -0.469 e. The van der Waals surface area contributed by atoms with Crippen LogP contribution in [0.15, 0.2) is 42.1 Å². The Kier molecular flexibility index (Phi) is 3.96. The van der Waals surface area contributed by atoms with E-state index in [2.05, 4.69) is 4.98 Å². The van der Waals surface area contributed by atoms with Gasteiger partial charge in [0.05, 0.1) is 19.6 Å². The van der Waals surface area contributed by atoms with Crippen molar-refractivity contribution < 1.29 is 14.3 Å². The van der Waals surface area contributed by atoms with Gasteiger partial charge >= 0.3 is 5.97 Å². The molecule has 3 rings (SSSR count). The highest BCUT2D eigenvalue weighted by Gasteiger charge is 2.25. The molecule has 0 saturated heterocycles. The van der Waals surface area contributed by atoms with Crippen LogP contribution in [-0.4, -0.2) is 35.9 Å². The third kappa shape index (κ3) is 2.62. The average Bonchev–Trinajstić information content (AvgIpc) is 2.98. The normalized spacial score (nSPS) is 18.1. The van der Waals surface area contributed by atoms with Crippen LogP contribution in [0.1, 0.15) is 24.4 Å². The Morgan fingerprint density at radius 2 is 2.27 bits per heavy atom. The van der Waals surface area contributed by atoms with E-state index >= 15 is 0 Å². The first-order valence-electron chi connectivity index (χ1n) is 7.26. The van der Waals surface area contributed by atoms with Crippen LogP contribution < -0.4 is 0 Å². The number of amides is 1. The summed E-state index contributed by atoms with van der Waals surface area (Å²) in [6.45, 7) is 0.608. The van der Waals surface area contributed by atoms with Crippen LogP contribution in [0.3, 0.4) is 0 Å². The van der Waals surface area contributed by atoms with Gasteiger partial charge in [0, 0.05) is 29.2 Å². The van der Waals surface area contributed by atoms with Gasteiger partial charge in [-0.15, -0.1) is 0 Å². The van der Waals surface area contributed by atoms with Crippen molar-refractivity contribution in [2.75, 3.05) is 13.7 Å². The first-order chi connectivity index (χ1) is 10.7. The predicted molar refractivity (Wildman–Crippen MR) is 83.1 cm³/mol. The molecule has 5 heteroatoms. The molecule has 1 aliphatic heterocycles. The molecule has 0 saturated carbocycles. The minimum atomic E-state index is -0.247. The third-order valence-electron chi connectivity index (χ3n) is 4.12. The zero-order valence-corrected chi connectivity index (χ0v) is 12.4. The summed E-state index contributed by atoms with van der Waals surface area (Å²) in [5, 5.41) is 1.09. The van der Waals surface area contributed by atoms with E-state index in [0.717, 1.165) is 28.4 Å². The number of carbonyl (C=O) groups excluding carboxylic acids is 2. The average molecular weight is 298 g/mol. The van der Waals surface area contributed by atoms with Gasteiger partial charge in [0.25, 0.3) is 0 Å². The number of rotatable bonds is 4. The minimum absolute atomic E-state index is 0.151. The number of aromatic nitrogens is 1. The van der Waals surface area contributed by atoms with E-state index in [1.165, 1.54) is 7.11 Å². The fraction of sp³-hybridized carbons (Fsp3) is 0.294. The fourth-order valence-corrected chi connectivity index (χ4v) is 2.94. The predicted octanol–water partition coefficient (Wildman–Crippen LogP) is 2.56. The Hall–Kier alpha value is -2.56. The number of nitrogens with zero attached hydrogens (tertiary/aromatic N) is 1. The molecule has 1 atom stereocenters. The Morgan fingerprint density at radius 3 is 3.05 bits per heavy atom. The summed E-state index contributed by atoms with van der Waals surface area (Å²) in [5.74, 6) is -0.247. The van der Waals surface area contributed by atoms with Crippen molar-refractivity contribution in [3.05, 3.63) is 47.7 Å². The monoisotopic (exact) mass is 298 g/mol. The molecule has 114 valence electrons. The Labute approximate surface area is 128 Å². The molecule has 1 aromatic carbocycles. The number of esters is 1. The molecule has 1 aromatic heterocycles. The van der Waals surface area contributed by atoms with Crippen molar-refractivity contribution >= 4 is 23.3 Å². The van der Waals surface area contributed by atoms with E-state index in [-0.39, 0.29) is 18.4 Å². The molecule has 1 amide bonds. The highest BCUT2D eigenvalue weighted by Crippen LogP contribution is 2.33. The molecular formula is C17H18N2O3. The molecule has 1 unspecified atom stereocenters. The number of H-pyrrole nitrogens is 1. The molecule has 1 aliphatic rings. The second-order valence-corrected chi connectivity index (χ2v) is 5.41. The summed E-state index contributed by atoms with van der Waals surface area (Å²) in [6.07, 6.45) is 5.79. The number of nitrogens with one attached hydrogen (secondary N) is 1. The van der Waals surface area contributed by atoms with E-state index in [9.17, 15) is 9.59 Å². The van der Waals surface area contributed by atoms with Crippen molar-refractivity contribution in [2.24, 2.45) is 0 Å². The van der Waals surface area contributed by atoms with Crippen LogP contribution in [0, 0.1) is 0 Å². The molecule has 0 spiro atoms. The van der Waals surface area contributed by atoms with Crippen molar-refractivity contribution in [1.82, 2.24) is 9.88 Å². The summed E-state index contributed by atoms with van der Waals surface area (Å²) in [6, 6.07) is 7.84. The summed E-state index contributed by atoms with van der Waals surface area (Å²) >= 11 is 0. The number of methoxy groups -OCH3 is 1. The van der Waals surface area contributed by atoms with Gasteiger partial charge in [-0.1, -0.05) is 29.8 Å². The number of ether oxygens (including phenoxy) is 1. The van der Waals surface area contributed by atoms with Crippen molar-refractivity contribution in [3.8, 4) is 0 Å². The Bertz CT molecular complexity index is 732. The summed E-state index contributed by atoms with van der Waals surface area (Å²) in [7, 11) is 1.39. The van der Waals surface area contributed by atoms with Crippen LogP contribution in [-0.2, 0) is 14.3 Å². The van der Waals surface area contributed by atoms with Crippen LogP contribution in [0.2, 0.25) is 0 Å². The summed E-state index contributed by atoms with van der Waals surface area (Å²) in [4.78, 5) is 27.9. The third-order valence-corrected chi connectivity index (χ3v) is 4.12. The molecule has 0 radical (unpaired) electrons. The lowest BCUT2D eigenvalue weighted by Crippen LogP contribution is -2.31. The van der Waals surface area contributed by atoms with Crippen LogP contribution in [0.5, 0.6) is 0 Å². The van der Waals surface area contributed by atoms with E-state index in [4.69, 9.17) is 4.74 Å². The van der Waals surface area contributed by atoms with E-state index in [1.807, 2.05) is 36.5 Å². The van der Waals surface area contributed by atoms with E-state index in [1.54, 1.807) is 4.90 Å². The van der Waals surface area contributed by atoms with Crippen LogP contribution in [0.4, 0.5) is 0 Å². The molecule has 0 bridgehead atoms. The van der Waals surface area contributed by atoms with Gasteiger partial charge in [-0.25, -0.2) is 0 Å². The Balaban J connectivity index is 1.98. The SMILES string of the molecule is COC(=O)CC1=CC(c2c[nH]c3ccccc23)N(C=O)CC1. The summed E-state index contributed by atoms with van der Waals surface area (Å²) in [5.41, 5.74) is 3.10. The van der Waals surface area contributed by atoms with Gasteiger partial charge < -0.3 is 14.6 Å². The molecular weight excluding hydrogens is 280 g/mol. The van der Waals surface area contributed by atoms with Gasteiger partial charge in [-0.05, 0) is 12.5 Å². The molecule has 1 N–H and O–H groups in total. The molecule has 0 aliphatic carbocycles. The second kappa shape index (κ2) is 6.05. The first-order valence-corrected chi connectivity index (χ1v) is 7.26. The van der Waals surface area contributed by atoms with Gasteiger partial charge in [0.15, 0.2) is 0 Å². The molecule has 22 heavy (non-hydrogen) atoms. The number of para-hydroxylation sites is 1. The zero-order valence-electron chi connectivity index (χ0n) is 12.4. The van der Waals surface area contributed by atoms with Crippen molar-refractivity contribution in [3.63, 3.8) is 0 Å². The standard InChI is InChI=1S/C17H18N2O3/c1-22-17(21)9-12-6-7-19(11-20)16(8-12)14-10-18-15-5-3-2-4-13(14)15/h2-5,8,10-11,16,18H,6-7,9H2,1H3. The smallest absolute Gasteiger partial charge is 0.309 e. The number of benzene rings is 1. The van der Waals surface area contributed by atoms with Gasteiger partial charge in [-0.2, -0.15) is 0 Å². The number of hydrogen-bond donors (Lipinski definition) is 1. The molecule has 2 heterocycles. The van der Waals surface area contributed by atoms with E-state index < -0.39 is 0 Å². The highest BCUT2D eigenvalue weighted by atomic mass is 16.5. The fourth-order valence-electron chi connectivity index (χ4n) is 2.94. The lowest BCUT2D eigenvalue weighted by Gasteiger charge is -2.31. The second-order valence-electron chi connectivity index (χ2n) is 5.41. The summed E-state index contributed by atoms with van der Waals surface area (Å²) < 4.78 is 4.73. The van der Waals surface area contributed by atoms with Gasteiger partial charge in [0.2, 0.25) is 6.41 Å². The zero-order chi connectivity index (χ0) is 15.5. The number of hydrogen-bond acceptors (Lipinski definition) is 3. The molecule has 0 fully saturated rings. The maximum absolute atomic E-state index is 11.5. The van der Waals surface area contributed by atoms with Crippen LogP contribution in [0.25, 0.3) is 10.9 Å². The first kappa shape index (κ1) is 14.4. The van der Waals surface area contributed by atoms with Gasteiger partial charge in [0.1, 0.15) is 0 Å². The maximum atomic E-state index is 11.5. The molecule has 5 nitrogen and oxygen atoms in total. The van der Waals surface area contributed by atoms with E-state index in [0.29, 0.717) is 13.0 Å². The lowest BCUT2D eigenvalue weighted by atomic mass is 9.95. The Morgan fingerprint density at radius 1 is 1.45 bits per heavy atom. The number of carbonyl (C=O) groups is 2. The number of fused-ring (bicyclic) bond motifs is 1. The lowest BCUT2D eigenvalue weighted by molar-refractivity contribution is -0.139. The molecule has 2 aromatic rings. The number of aromatic amines is 1.